The van der Waals surface area contributed by atoms with Gasteiger partial charge in [0.2, 0.25) is 5.75 Å². The minimum absolute atomic E-state index is 0.133. The molecular weight excluding hydrogens is 306 g/mol. The number of hydrogen-bond donors (Lipinski definition) is 2. The number of nitro groups is 2. The summed E-state index contributed by atoms with van der Waals surface area (Å²) in [4.78, 5) is 23.9. The fraction of sp³-hybridized carbons (Fsp3) is 0.0714. The van der Waals surface area contributed by atoms with Crippen LogP contribution in [0.25, 0.3) is 0 Å². The molecule has 0 unspecified atom stereocenters. The third kappa shape index (κ3) is 3.40. The van der Waals surface area contributed by atoms with Crippen LogP contribution in [0.15, 0.2) is 35.3 Å². The zero-order valence-corrected chi connectivity index (χ0v) is 11.8. The van der Waals surface area contributed by atoms with Crippen LogP contribution in [-0.4, -0.2) is 26.3 Å². The van der Waals surface area contributed by atoms with Crippen molar-refractivity contribution in [3.05, 3.63) is 61.7 Å². The fourth-order valence-corrected chi connectivity index (χ4v) is 1.84. The molecule has 2 N–H and O–H groups in total. The van der Waals surface area contributed by atoms with Crippen molar-refractivity contribution in [1.82, 2.24) is 0 Å². The molecule has 0 radical (unpaired) electrons. The smallest absolute Gasteiger partial charge is 0.318 e. The first kappa shape index (κ1) is 15.9. The highest BCUT2D eigenvalue weighted by molar-refractivity contribution is 5.89. The number of nitrogens with zero attached hydrogens (tertiary/aromatic N) is 3. The Morgan fingerprint density at radius 3 is 2.39 bits per heavy atom. The van der Waals surface area contributed by atoms with Gasteiger partial charge in [-0.3, -0.25) is 25.2 Å². The molecule has 2 aromatic carbocycles. The zero-order chi connectivity index (χ0) is 17.1. The van der Waals surface area contributed by atoms with E-state index in [4.69, 9.17) is 0 Å². The van der Waals surface area contributed by atoms with E-state index >= 15 is 0 Å². The van der Waals surface area contributed by atoms with Crippen LogP contribution in [0.4, 0.5) is 17.1 Å². The lowest BCUT2D eigenvalue weighted by Gasteiger charge is -2.02. The average Bonchev–Trinajstić information content (AvgIpc) is 2.48. The van der Waals surface area contributed by atoms with Crippen molar-refractivity contribution in [3.8, 4) is 11.5 Å². The molecule has 0 aliphatic carbocycles. The molecule has 23 heavy (non-hydrogen) atoms. The Morgan fingerprint density at radius 2 is 1.78 bits per heavy atom. The average molecular weight is 317 g/mol. The maximum atomic E-state index is 10.9. The van der Waals surface area contributed by atoms with Gasteiger partial charge in [-0.15, -0.1) is 0 Å². The normalized spacial score (nSPS) is 10.8. The number of aryl methyl sites for hydroxylation is 1. The molecule has 0 aliphatic heterocycles. The topological polar surface area (TPSA) is 139 Å². The van der Waals surface area contributed by atoms with E-state index in [-0.39, 0.29) is 17.0 Å². The minimum atomic E-state index is -0.927. The standard InChI is InChI=1S/C14H11N3O6/c1-8-2-3-13(18)11(4-8)15-7-9-5-10(16(20)21)6-12(14(9)19)17(22)23/h2-7,18-19H,1H3. The number of aliphatic imine (C=N–C) groups is 1. The summed E-state index contributed by atoms with van der Waals surface area (Å²) in [7, 11) is 0. The van der Waals surface area contributed by atoms with Gasteiger partial charge in [0.1, 0.15) is 11.4 Å². The van der Waals surface area contributed by atoms with Crippen molar-refractivity contribution in [3.63, 3.8) is 0 Å². The van der Waals surface area contributed by atoms with Gasteiger partial charge in [-0.05, 0) is 24.6 Å². The van der Waals surface area contributed by atoms with Crippen molar-refractivity contribution in [2.24, 2.45) is 4.99 Å². The van der Waals surface area contributed by atoms with Gasteiger partial charge in [0, 0.05) is 17.8 Å². The largest absolute Gasteiger partial charge is 0.506 e. The van der Waals surface area contributed by atoms with E-state index in [1.165, 1.54) is 6.07 Å². The van der Waals surface area contributed by atoms with Crippen molar-refractivity contribution < 1.29 is 20.1 Å². The summed E-state index contributed by atoms with van der Waals surface area (Å²) in [5.41, 5.74) is -0.576. The second-order valence-corrected chi connectivity index (χ2v) is 4.67. The molecule has 0 atom stereocenters. The maximum Gasteiger partial charge on any atom is 0.318 e. The van der Waals surface area contributed by atoms with Crippen molar-refractivity contribution >= 4 is 23.3 Å². The molecule has 2 rings (SSSR count). The van der Waals surface area contributed by atoms with Crippen LogP contribution >= 0.6 is 0 Å². The Morgan fingerprint density at radius 1 is 1.09 bits per heavy atom. The molecule has 118 valence electrons. The number of hydrogen-bond acceptors (Lipinski definition) is 7. The molecule has 0 amide bonds. The number of aromatic hydroxyl groups is 2. The van der Waals surface area contributed by atoms with Crippen LogP contribution in [0.5, 0.6) is 11.5 Å². The number of phenolic OH excluding ortho intramolecular Hbond substituents is 2. The number of benzene rings is 2. The number of phenols is 2. The van der Waals surface area contributed by atoms with Crippen LogP contribution in [0.3, 0.4) is 0 Å². The molecule has 0 saturated heterocycles. The molecule has 0 bridgehead atoms. The Balaban J connectivity index is 2.54. The van der Waals surface area contributed by atoms with E-state index in [2.05, 4.69) is 4.99 Å². The van der Waals surface area contributed by atoms with Crippen LogP contribution in [-0.2, 0) is 0 Å². The predicted octanol–water partition coefficient (Wildman–Crippen LogP) is 2.97. The van der Waals surface area contributed by atoms with E-state index in [1.54, 1.807) is 19.1 Å². The highest BCUT2D eigenvalue weighted by Gasteiger charge is 2.23. The van der Waals surface area contributed by atoms with Crippen LogP contribution < -0.4 is 0 Å². The molecule has 0 fully saturated rings. The first-order valence-corrected chi connectivity index (χ1v) is 6.29. The lowest BCUT2D eigenvalue weighted by molar-refractivity contribution is -0.394. The number of non-ortho nitro benzene ring substituents is 1. The Hall–Kier alpha value is -3.49. The molecule has 9 nitrogen and oxygen atoms in total. The van der Waals surface area contributed by atoms with Gasteiger partial charge in [-0.1, -0.05) is 6.07 Å². The van der Waals surface area contributed by atoms with Gasteiger partial charge < -0.3 is 10.2 Å². The van der Waals surface area contributed by atoms with E-state index in [1.807, 2.05) is 0 Å². The lowest BCUT2D eigenvalue weighted by Crippen LogP contribution is -1.96. The second kappa shape index (κ2) is 6.10. The first-order chi connectivity index (χ1) is 10.8. The molecular formula is C14H11N3O6. The van der Waals surface area contributed by atoms with E-state index in [0.29, 0.717) is 6.07 Å². The summed E-state index contributed by atoms with van der Waals surface area (Å²) in [6, 6.07) is 6.24. The van der Waals surface area contributed by atoms with Gasteiger partial charge in [0.05, 0.1) is 15.9 Å². The summed E-state index contributed by atoms with van der Waals surface area (Å²) in [5.74, 6) is -0.872. The maximum absolute atomic E-state index is 10.9. The zero-order valence-electron chi connectivity index (χ0n) is 11.8. The summed E-state index contributed by atoms with van der Waals surface area (Å²) < 4.78 is 0. The fourth-order valence-electron chi connectivity index (χ4n) is 1.84. The SMILES string of the molecule is Cc1ccc(O)c(N=Cc2cc([N+](=O)[O-])cc([N+](=O)[O-])c2O)c1. The quantitative estimate of drug-likeness (QED) is 0.504. The van der Waals surface area contributed by atoms with Crippen LogP contribution in [0.1, 0.15) is 11.1 Å². The minimum Gasteiger partial charge on any atom is -0.506 e. The summed E-state index contributed by atoms with van der Waals surface area (Å²) in [6.07, 6.45) is 1.02. The van der Waals surface area contributed by atoms with Crippen molar-refractivity contribution in [2.45, 2.75) is 6.92 Å². The third-order valence-electron chi connectivity index (χ3n) is 2.99. The predicted molar refractivity (Wildman–Crippen MR) is 81.5 cm³/mol. The van der Waals surface area contributed by atoms with E-state index < -0.39 is 27.0 Å². The van der Waals surface area contributed by atoms with Crippen LogP contribution in [0.2, 0.25) is 0 Å². The molecule has 0 spiro atoms. The lowest BCUT2D eigenvalue weighted by atomic mass is 10.1. The van der Waals surface area contributed by atoms with Gasteiger partial charge in [0.25, 0.3) is 5.69 Å². The summed E-state index contributed by atoms with van der Waals surface area (Å²) in [6.45, 7) is 1.77. The third-order valence-corrected chi connectivity index (χ3v) is 2.99. The highest BCUT2D eigenvalue weighted by Crippen LogP contribution is 2.34. The van der Waals surface area contributed by atoms with Crippen molar-refractivity contribution in [2.75, 3.05) is 0 Å². The molecule has 0 saturated carbocycles. The van der Waals surface area contributed by atoms with Gasteiger partial charge in [0.15, 0.2) is 0 Å². The number of nitro benzene ring substituents is 2. The molecule has 0 aliphatic rings. The van der Waals surface area contributed by atoms with Gasteiger partial charge >= 0.3 is 5.69 Å². The molecule has 0 heterocycles. The van der Waals surface area contributed by atoms with Gasteiger partial charge in [-0.25, -0.2) is 0 Å². The Kier molecular flexibility index (Phi) is 4.21. The molecule has 0 aromatic heterocycles. The summed E-state index contributed by atoms with van der Waals surface area (Å²) in [5, 5.41) is 41.2. The number of rotatable bonds is 4. The van der Waals surface area contributed by atoms with Gasteiger partial charge in [-0.2, -0.15) is 0 Å². The first-order valence-electron chi connectivity index (χ1n) is 6.29. The van der Waals surface area contributed by atoms with Crippen molar-refractivity contribution in [1.29, 1.82) is 0 Å². The van der Waals surface area contributed by atoms with Crippen LogP contribution in [0, 0.1) is 27.2 Å². The highest BCUT2D eigenvalue weighted by atomic mass is 16.6. The van der Waals surface area contributed by atoms with E-state index in [0.717, 1.165) is 17.8 Å². The van der Waals surface area contributed by atoms with E-state index in [9.17, 15) is 30.4 Å². The Bertz CT molecular complexity index is 832. The molecule has 2 aromatic rings. The Labute approximate surface area is 129 Å². The summed E-state index contributed by atoms with van der Waals surface area (Å²) >= 11 is 0. The molecule has 9 heteroatoms. The second-order valence-electron chi connectivity index (χ2n) is 4.67. The monoisotopic (exact) mass is 317 g/mol.